The number of aromatic nitrogens is 1. The standard InChI is InChI=1S/C26H21NO/c1-27-24-11-7-6-10-22(24)26-23(19-8-4-3-5-9-19)16-20(17-25(26)27)18-12-14-21(28-2)15-13-18/h3-17H,1-2H3. The molecule has 0 fully saturated rings. The monoisotopic (exact) mass is 363 g/mol. The van der Waals surface area contributed by atoms with Crippen LogP contribution in [0.25, 0.3) is 44.1 Å². The first-order chi connectivity index (χ1) is 13.8. The molecule has 0 N–H and O–H groups in total. The van der Waals surface area contributed by atoms with Crippen LogP contribution in [0.1, 0.15) is 0 Å². The zero-order valence-corrected chi connectivity index (χ0v) is 16.0. The number of ether oxygens (including phenoxy) is 1. The van der Waals surface area contributed by atoms with Gasteiger partial charge in [-0.15, -0.1) is 0 Å². The number of hydrogen-bond acceptors (Lipinski definition) is 1. The highest BCUT2D eigenvalue weighted by atomic mass is 16.5. The molecule has 1 aromatic heterocycles. The normalized spacial score (nSPS) is 11.2. The van der Waals surface area contributed by atoms with Crippen molar-refractivity contribution in [1.29, 1.82) is 0 Å². The van der Waals surface area contributed by atoms with E-state index >= 15 is 0 Å². The van der Waals surface area contributed by atoms with Gasteiger partial charge in [-0.25, -0.2) is 0 Å². The summed E-state index contributed by atoms with van der Waals surface area (Å²) in [6, 6.07) is 32.2. The van der Waals surface area contributed by atoms with Crippen molar-refractivity contribution in [3.63, 3.8) is 0 Å². The van der Waals surface area contributed by atoms with E-state index in [-0.39, 0.29) is 0 Å². The van der Waals surface area contributed by atoms with Gasteiger partial charge in [-0.1, -0.05) is 60.7 Å². The highest BCUT2D eigenvalue weighted by Crippen LogP contribution is 2.39. The van der Waals surface area contributed by atoms with Crippen LogP contribution in [0.5, 0.6) is 5.75 Å². The Morgan fingerprint density at radius 1 is 0.643 bits per heavy atom. The molecule has 0 bridgehead atoms. The summed E-state index contributed by atoms with van der Waals surface area (Å²) in [5, 5.41) is 2.60. The molecule has 1 heterocycles. The van der Waals surface area contributed by atoms with Crippen LogP contribution in [0.2, 0.25) is 0 Å². The molecule has 0 aliphatic carbocycles. The number of nitrogens with zero attached hydrogens (tertiary/aromatic N) is 1. The van der Waals surface area contributed by atoms with Crippen LogP contribution in [0, 0.1) is 0 Å². The third kappa shape index (κ3) is 2.57. The van der Waals surface area contributed by atoms with Crippen molar-refractivity contribution in [1.82, 2.24) is 4.57 Å². The Balaban J connectivity index is 1.86. The van der Waals surface area contributed by atoms with E-state index in [4.69, 9.17) is 4.74 Å². The zero-order chi connectivity index (χ0) is 19.1. The molecule has 5 aromatic rings. The molecule has 0 saturated heterocycles. The minimum absolute atomic E-state index is 0.873. The summed E-state index contributed by atoms with van der Waals surface area (Å²) in [5.74, 6) is 0.873. The van der Waals surface area contributed by atoms with Crippen LogP contribution in [0.3, 0.4) is 0 Å². The van der Waals surface area contributed by atoms with Crippen LogP contribution >= 0.6 is 0 Å². The van der Waals surface area contributed by atoms with Gasteiger partial charge in [0, 0.05) is 23.3 Å². The van der Waals surface area contributed by atoms with E-state index < -0.39 is 0 Å². The third-order valence-corrected chi connectivity index (χ3v) is 5.52. The minimum atomic E-state index is 0.873. The lowest BCUT2D eigenvalue weighted by molar-refractivity contribution is 0.415. The summed E-state index contributed by atoms with van der Waals surface area (Å²) in [4.78, 5) is 0. The number of benzene rings is 4. The van der Waals surface area contributed by atoms with Gasteiger partial charge < -0.3 is 9.30 Å². The Labute approximate surface area is 164 Å². The molecule has 0 unspecified atom stereocenters. The number of hydrogen-bond donors (Lipinski definition) is 0. The van der Waals surface area contributed by atoms with E-state index in [1.54, 1.807) is 7.11 Å². The lowest BCUT2D eigenvalue weighted by atomic mass is 9.94. The molecule has 2 nitrogen and oxygen atoms in total. The predicted octanol–water partition coefficient (Wildman–Crippen LogP) is 6.67. The largest absolute Gasteiger partial charge is 0.497 e. The van der Waals surface area contributed by atoms with Crippen molar-refractivity contribution < 1.29 is 4.74 Å². The number of aryl methyl sites for hydroxylation is 1. The Morgan fingerprint density at radius 3 is 2.11 bits per heavy atom. The van der Waals surface area contributed by atoms with Gasteiger partial charge in [0.1, 0.15) is 5.75 Å². The van der Waals surface area contributed by atoms with Crippen LogP contribution < -0.4 is 4.74 Å². The fourth-order valence-corrected chi connectivity index (χ4v) is 4.08. The van der Waals surface area contributed by atoms with Gasteiger partial charge in [0.2, 0.25) is 0 Å². The van der Waals surface area contributed by atoms with Gasteiger partial charge in [-0.2, -0.15) is 0 Å². The van der Waals surface area contributed by atoms with Crippen molar-refractivity contribution >= 4 is 21.8 Å². The second-order valence-electron chi connectivity index (χ2n) is 7.09. The summed E-state index contributed by atoms with van der Waals surface area (Å²) in [7, 11) is 3.85. The Bertz CT molecular complexity index is 1280. The van der Waals surface area contributed by atoms with Crippen molar-refractivity contribution in [3.05, 3.63) is 91.0 Å². The molecule has 4 aromatic carbocycles. The van der Waals surface area contributed by atoms with Gasteiger partial charge in [0.25, 0.3) is 0 Å². The van der Waals surface area contributed by atoms with E-state index in [2.05, 4.69) is 90.5 Å². The fourth-order valence-electron chi connectivity index (χ4n) is 4.08. The zero-order valence-electron chi connectivity index (χ0n) is 16.0. The molecule has 0 aliphatic heterocycles. The SMILES string of the molecule is COc1ccc(-c2cc(-c3ccccc3)c3c4ccccc4n(C)c3c2)cc1. The molecular weight excluding hydrogens is 342 g/mol. The van der Waals surface area contributed by atoms with Gasteiger partial charge >= 0.3 is 0 Å². The molecule has 5 rings (SSSR count). The third-order valence-electron chi connectivity index (χ3n) is 5.52. The molecule has 136 valence electrons. The van der Waals surface area contributed by atoms with Crippen LogP contribution in [0.15, 0.2) is 91.0 Å². The first kappa shape index (κ1) is 16.6. The van der Waals surface area contributed by atoms with Crippen LogP contribution in [-0.2, 0) is 7.05 Å². The highest BCUT2D eigenvalue weighted by molar-refractivity contribution is 6.16. The number of rotatable bonds is 3. The topological polar surface area (TPSA) is 14.2 Å². The predicted molar refractivity (Wildman–Crippen MR) is 118 cm³/mol. The van der Waals surface area contributed by atoms with E-state index in [0.717, 1.165) is 5.75 Å². The van der Waals surface area contributed by atoms with Crippen LogP contribution in [0.4, 0.5) is 0 Å². The van der Waals surface area contributed by atoms with E-state index in [1.165, 1.54) is 44.1 Å². The average Bonchev–Trinajstić information content (AvgIpc) is 3.06. The summed E-state index contributed by atoms with van der Waals surface area (Å²) in [5.41, 5.74) is 7.39. The van der Waals surface area contributed by atoms with Crippen molar-refractivity contribution in [3.8, 4) is 28.0 Å². The maximum absolute atomic E-state index is 5.32. The molecule has 0 aliphatic rings. The van der Waals surface area contributed by atoms with Gasteiger partial charge in [-0.05, 0) is 52.6 Å². The summed E-state index contributed by atoms with van der Waals surface area (Å²) >= 11 is 0. The first-order valence-corrected chi connectivity index (χ1v) is 9.47. The van der Waals surface area contributed by atoms with Gasteiger partial charge in [0.05, 0.1) is 12.6 Å². The number of fused-ring (bicyclic) bond motifs is 3. The summed E-state index contributed by atoms with van der Waals surface area (Å²) < 4.78 is 7.62. The Morgan fingerprint density at radius 2 is 1.36 bits per heavy atom. The van der Waals surface area contributed by atoms with Crippen molar-refractivity contribution in [2.24, 2.45) is 7.05 Å². The minimum Gasteiger partial charge on any atom is -0.497 e. The first-order valence-electron chi connectivity index (χ1n) is 9.47. The van der Waals surface area contributed by atoms with Gasteiger partial charge in [0.15, 0.2) is 0 Å². The van der Waals surface area contributed by atoms with Crippen molar-refractivity contribution in [2.45, 2.75) is 0 Å². The number of para-hydroxylation sites is 1. The molecular formula is C26H21NO. The van der Waals surface area contributed by atoms with E-state index in [1.807, 2.05) is 12.1 Å². The average molecular weight is 363 g/mol. The summed E-state index contributed by atoms with van der Waals surface area (Å²) in [6.45, 7) is 0. The summed E-state index contributed by atoms with van der Waals surface area (Å²) in [6.07, 6.45) is 0. The molecule has 0 radical (unpaired) electrons. The lowest BCUT2D eigenvalue weighted by Crippen LogP contribution is -1.89. The molecule has 0 spiro atoms. The maximum atomic E-state index is 5.32. The highest BCUT2D eigenvalue weighted by Gasteiger charge is 2.15. The Hall–Kier alpha value is -3.52. The molecule has 0 saturated carbocycles. The fraction of sp³-hybridized carbons (Fsp3) is 0.0769. The molecule has 0 amide bonds. The van der Waals surface area contributed by atoms with Crippen LogP contribution in [-0.4, -0.2) is 11.7 Å². The van der Waals surface area contributed by atoms with Crippen molar-refractivity contribution in [2.75, 3.05) is 7.11 Å². The smallest absolute Gasteiger partial charge is 0.118 e. The molecule has 28 heavy (non-hydrogen) atoms. The number of methoxy groups -OCH3 is 1. The lowest BCUT2D eigenvalue weighted by Gasteiger charge is -2.11. The van der Waals surface area contributed by atoms with Gasteiger partial charge in [-0.3, -0.25) is 0 Å². The quantitative estimate of drug-likeness (QED) is 0.349. The second kappa shape index (κ2) is 6.58. The molecule has 0 atom stereocenters. The maximum Gasteiger partial charge on any atom is 0.118 e. The van der Waals surface area contributed by atoms with E-state index in [9.17, 15) is 0 Å². The van der Waals surface area contributed by atoms with E-state index in [0.29, 0.717) is 0 Å². The second-order valence-corrected chi connectivity index (χ2v) is 7.09. The molecule has 2 heteroatoms. The Kier molecular flexibility index (Phi) is 3.91.